The summed E-state index contributed by atoms with van der Waals surface area (Å²) >= 11 is 0. The van der Waals surface area contributed by atoms with E-state index in [1.807, 2.05) is 17.8 Å². The van der Waals surface area contributed by atoms with E-state index in [0.29, 0.717) is 5.92 Å². The molecule has 6 heteroatoms. The fourth-order valence-electron chi connectivity index (χ4n) is 1.04. The van der Waals surface area contributed by atoms with Crippen molar-refractivity contribution in [2.75, 3.05) is 17.6 Å². The number of halogens is 2. The predicted molar refractivity (Wildman–Crippen MR) is 70.1 cm³/mol. The van der Waals surface area contributed by atoms with E-state index in [2.05, 4.69) is 24.3 Å². The topological polar surface area (TPSA) is 55.9 Å². The monoisotopic (exact) mass is 254 g/mol. The summed E-state index contributed by atoms with van der Waals surface area (Å²) in [6.07, 6.45) is 1.85. The molecule has 0 aromatic carbocycles. The Labute approximate surface area is 103 Å². The standard InChI is InChI=1S/C9H18N4.2ClH/c1-4-13-6-8(10)9(12-13)11-5-7(2)3;;/h6-7H,4-5,10H2,1-3H3,(H,11,12);2*1H. The maximum Gasteiger partial charge on any atom is 0.171 e. The molecule has 0 saturated heterocycles. The second-order valence-corrected chi connectivity index (χ2v) is 3.56. The maximum atomic E-state index is 5.76. The smallest absolute Gasteiger partial charge is 0.171 e. The van der Waals surface area contributed by atoms with Crippen LogP contribution in [0.3, 0.4) is 0 Å². The van der Waals surface area contributed by atoms with Crippen LogP contribution in [-0.4, -0.2) is 16.3 Å². The number of rotatable bonds is 4. The molecule has 1 aromatic heterocycles. The molecule has 1 rings (SSSR count). The fraction of sp³-hybridized carbons (Fsp3) is 0.667. The van der Waals surface area contributed by atoms with Crippen molar-refractivity contribution < 1.29 is 0 Å². The largest absolute Gasteiger partial charge is 0.394 e. The molecular weight excluding hydrogens is 235 g/mol. The molecule has 0 aliphatic rings. The number of nitrogens with one attached hydrogen (secondary N) is 1. The number of nitrogen functional groups attached to an aromatic ring is 1. The number of aryl methyl sites for hydroxylation is 1. The minimum Gasteiger partial charge on any atom is -0.394 e. The van der Waals surface area contributed by atoms with Gasteiger partial charge < -0.3 is 11.1 Å². The minimum absolute atomic E-state index is 0. The summed E-state index contributed by atoms with van der Waals surface area (Å²) < 4.78 is 1.83. The fourth-order valence-corrected chi connectivity index (χ4v) is 1.04. The first kappa shape index (κ1) is 16.8. The van der Waals surface area contributed by atoms with E-state index < -0.39 is 0 Å². The predicted octanol–water partition coefficient (Wildman–Crippen LogP) is 2.40. The molecule has 0 amide bonds. The molecule has 0 unspecified atom stereocenters. The van der Waals surface area contributed by atoms with Gasteiger partial charge in [-0.05, 0) is 12.8 Å². The lowest BCUT2D eigenvalue weighted by molar-refractivity contribution is 0.652. The van der Waals surface area contributed by atoms with Crippen LogP contribution in [0.5, 0.6) is 0 Å². The zero-order valence-corrected chi connectivity index (χ0v) is 11.0. The van der Waals surface area contributed by atoms with Crippen molar-refractivity contribution in [3.05, 3.63) is 6.20 Å². The van der Waals surface area contributed by atoms with E-state index in [9.17, 15) is 0 Å². The number of anilines is 2. The second kappa shape index (κ2) is 7.65. The Bertz CT molecular complexity index is 273. The van der Waals surface area contributed by atoms with Gasteiger partial charge in [-0.3, -0.25) is 4.68 Å². The van der Waals surface area contributed by atoms with Gasteiger partial charge in [-0.25, -0.2) is 0 Å². The summed E-state index contributed by atoms with van der Waals surface area (Å²) in [4.78, 5) is 0. The van der Waals surface area contributed by atoms with Crippen molar-refractivity contribution in [3.8, 4) is 0 Å². The van der Waals surface area contributed by atoms with E-state index in [0.717, 1.165) is 24.6 Å². The van der Waals surface area contributed by atoms with Gasteiger partial charge in [0.15, 0.2) is 5.82 Å². The average molecular weight is 255 g/mol. The van der Waals surface area contributed by atoms with Crippen LogP contribution < -0.4 is 11.1 Å². The van der Waals surface area contributed by atoms with Gasteiger partial charge >= 0.3 is 0 Å². The molecule has 0 bridgehead atoms. The van der Waals surface area contributed by atoms with Gasteiger partial charge in [0.2, 0.25) is 0 Å². The number of nitrogens with two attached hydrogens (primary N) is 1. The third-order valence-electron chi connectivity index (χ3n) is 1.79. The molecule has 0 saturated carbocycles. The van der Waals surface area contributed by atoms with Crippen molar-refractivity contribution >= 4 is 36.3 Å². The first-order chi connectivity index (χ1) is 6.13. The summed E-state index contributed by atoms with van der Waals surface area (Å²) in [5.74, 6) is 1.40. The first-order valence-electron chi connectivity index (χ1n) is 4.70. The molecule has 15 heavy (non-hydrogen) atoms. The molecule has 0 spiro atoms. The number of hydrogen-bond donors (Lipinski definition) is 2. The van der Waals surface area contributed by atoms with Crippen LogP contribution in [-0.2, 0) is 6.54 Å². The van der Waals surface area contributed by atoms with Crippen molar-refractivity contribution in [3.63, 3.8) is 0 Å². The molecule has 0 fully saturated rings. The van der Waals surface area contributed by atoms with Crippen molar-refractivity contribution in [1.29, 1.82) is 0 Å². The lowest BCUT2D eigenvalue weighted by atomic mass is 10.2. The van der Waals surface area contributed by atoms with Gasteiger partial charge in [-0.1, -0.05) is 13.8 Å². The Hall–Kier alpha value is -0.610. The number of hydrogen-bond acceptors (Lipinski definition) is 3. The van der Waals surface area contributed by atoms with Crippen LogP contribution >= 0.6 is 24.8 Å². The first-order valence-corrected chi connectivity index (χ1v) is 4.70. The van der Waals surface area contributed by atoms with Crippen LogP contribution in [0, 0.1) is 5.92 Å². The van der Waals surface area contributed by atoms with Crippen LogP contribution in [0.25, 0.3) is 0 Å². The SMILES string of the molecule is CCn1cc(N)c(NCC(C)C)n1.Cl.Cl. The third kappa shape index (κ3) is 5.14. The molecule has 3 N–H and O–H groups in total. The lowest BCUT2D eigenvalue weighted by Crippen LogP contribution is -2.09. The van der Waals surface area contributed by atoms with Gasteiger partial charge in [-0.15, -0.1) is 24.8 Å². The molecule has 0 atom stereocenters. The molecule has 90 valence electrons. The Balaban J connectivity index is 0. The van der Waals surface area contributed by atoms with Crippen molar-refractivity contribution in [2.24, 2.45) is 5.92 Å². The summed E-state index contributed by atoms with van der Waals surface area (Å²) in [7, 11) is 0. The Morgan fingerprint density at radius 2 is 2.07 bits per heavy atom. The zero-order valence-electron chi connectivity index (χ0n) is 9.36. The highest BCUT2D eigenvalue weighted by Crippen LogP contribution is 2.15. The van der Waals surface area contributed by atoms with Crippen LogP contribution in [0.15, 0.2) is 6.20 Å². The highest BCUT2D eigenvalue weighted by atomic mass is 35.5. The van der Waals surface area contributed by atoms with Gasteiger partial charge in [-0.2, -0.15) is 5.10 Å². The molecule has 0 aliphatic carbocycles. The molecule has 4 nitrogen and oxygen atoms in total. The molecular formula is C9H20Cl2N4. The van der Waals surface area contributed by atoms with Crippen molar-refractivity contribution in [2.45, 2.75) is 27.3 Å². The molecule has 0 radical (unpaired) electrons. The minimum atomic E-state index is 0. The number of aromatic nitrogens is 2. The highest BCUT2D eigenvalue weighted by molar-refractivity contribution is 5.85. The van der Waals surface area contributed by atoms with Gasteiger partial charge in [0.25, 0.3) is 0 Å². The Morgan fingerprint density at radius 3 is 2.47 bits per heavy atom. The van der Waals surface area contributed by atoms with E-state index in [1.165, 1.54) is 0 Å². The van der Waals surface area contributed by atoms with Gasteiger partial charge in [0.05, 0.1) is 11.9 Å². The summed E-state index contributed by atoms with van der Waals surface area (Å²) in [5.41, 5.74) is 6.48. The van der Waals surface area contributed by atoms with E-state index in [-0.39, 0.29) is 24.8 Å². The van der Waals surface area contributed by atoms with E-state index in [1.54, 1.807) is 0 Å². The van der Waals surface area contributed by atoms with E-state index >= 15 is 0 Å². The van der Waals surface area contributed by atoms with Gasteiger partial charge in [0, 0.05) is 13.1 Å². The second-order valence-electron chi connectivity index (χ2n) is 3.56. The van der Waals surface area contributed by atoms with Crippen LogP contribution in [0.1, 0.15) is 20.8 Å². The van der Waals surface area contributed by atoms with Crippen LogP contribution in [0.2, 0.25) is 0 Å². The molecule has 1 aromatic rings. The summed E-state index contributed by atoms with van der Waals surface area (Å²) in [6, 6.07) is 0. The summed E-state index contributed by atoms with van der Waals surface area (Å²) in [6.45, 7) is 8.11. The normalized spacial score (nSPS) is 9.33. The lowest BCUT2D eigenvalue weighted by Gasteiger charge is -2.05. The van der Waals surface area contributed by atoms with E-state index in [4.69, 9.17) is 5.73 Å². The average Bonchev–Trinajstić information content (AvgIpc) is 2.43. The quantitative estimate of drug-likeness (QED) is 0.868. The number of nitrogens with zero attached hydrogens (tertiary/aromatic N) is 2. The third-order valence-corrected chi connectivity index (χ3v) is 1.79. The molecule has 0 aliphatic heterocycles. The molecule has 1 heterocycles. The van der Waals surface area contributed by atoms with Crippen molar-refractivity contribution in [1.82, 2.24) is 9.78 Å². The zero-order chi connectivity index (χ0) is 9.84. The highest BCUT2D eigenvalue weighted by Gasteiger charge is 2.04. The Kier molecular flexibility index (Phi) is 8.57. The van der Waals surface area contributed by atoms with Crippen LogP contribution in [0.4, 0.5) is 11.5 Å². The maximum absolute atomic E-state index is 5.76. The summed E-state index contributed by atoms with van der Waals surface area (Å²) in [5, 5.41) is 7.49. The van der Waals surface area contributed by atoms with Gasteiger partial charge in [0.1, 0.15) is 0 Å². The Morgan fingerprint density at radius 1 is 1.47 bits per heavy atom.